The maximum Gasteiger partial charge on any atom is 0.330 e. The summed E-state index contributed by atoms with van der Waals surface area (Å²) in [5, 5.41) is 10.2. The first-order chi connectivity index (χ1) is 12.9. The zero-order chi connectivity index (χ0) is 20.5. The fourth-order valence-corrected chi connectivity index (χ4v) is 1.66. The van der Waals surface area contributed by atoms with Gasteiger partial charge in [0.15, 0.2) is 0 Å². The Hall–Kier alpha value is -2.49. The maximum atomic E-state index is 11.0. The molecular formula is C18H26O9. The molecule has 2 unspecified atom stereocenters. The van der Waals surface area contributed by atoms with Gasteiger partial charge in [0.05, 0.1) is 32.5 Å². The van der Waals surface area contributed by atoms with Crippen LogP contribution in [0, 0.1) is 0 Å². The Labute approximate surface area is 158 Å². The molecule has 0 aromatic carbocycles. The predicted molar refractivity (Wildman–Crippen MR) is 94.7 cm³/mol. The van der Waals surface area contributed by atoms with Crippen LogP contribution in [0.25, 0.3) is 0 Å². The molecule has 0 saturated heterocycles. The zero-order valence-electron chi connectivity index (χ0n) is 15.2. The van der Waals surface area contributed by atoms with E-state index in [-0.39, 0.29) is 46.1 Å². The third kappa shape index (κ3) is 13.4. The number of hydrogen-bond acceptors (Lipinski definition) is 9. The van der Waals surface area contributed by atoms with Crippen LogP contribution in [0.1, 0.15) is 6.42 Å². The van der Waals surface area contributed by atoms with Crippen molar-refractivity contribution in [3.05, 3.63) is 38.0 Å². The molecule has 0 aromatic heterocycles. The largest absolute Gasteiger partial charge is 0.462 e. The van der Waals surface area contributed by atoms with E-state index in [2.05, 4.69) is 19.7 Å². The Morgan fingerprint density at radius 3 is 1.78 bits per heavy atom. The average Bonchev–Trinajstić information content (AvgIpc) is 2.68. The smallest absolute Gasteiger partial charge is 0.330 e. The number of hydrogen-bond donors (Lipinski definition) is 1. The fourth-order valence-electron chi connectivity index (χ4n) is 1.66. The molecule has 0 saturated carbocycles. The Morgan fingerprint density at radius 1 is 0.778 bits per heavy atom. The van der Waals surface area contributed by atoms with Gasteiger partial charge in [-0.1, -0.05) is 19.7 Å². The highest BCUT2D eigenvalue weighted by Crippen LogP contribution is 2.06. The van der Waals surface area contributed by atoms with Gasteiger partial charge in [-0.05, 0) is 0 Å². The van der Waals surface area contributed by atoms with Crippen LogP contribution in [0.3, 0.4) is 0 Å². The lowest BCUT2D eigenvalue weighted by Gasteiger charge is -2.23. The van der Waals surface area contributed by atoms with Crippen LogP contribution >= 0.6 is 0 Å². The number of esters is 3. The number of carbonyl (C=O) groups excluding carboxylic acids is 3. The second-order valence-electron chi connectivity index (χ2n) is 4.96. The van der Waals surface area contributed by atoms with Gasteiger partial charge in [-0.25, -0.2) is 14.4 Å². The van der Waals surface area contributed by atoms with Crippen LogP contribution in [0.15, 0.2) is 38.0 Å². The van der Waals surface area contributed by atoms with Crippen molar-refractivity contribution in [1.29, 1.82) is 0 Å². The molecule has 0 spiro atoms. The van der Waals surface area contributed by atoms with E-state index in [0.717, 1.165) is 18.2 Å². The Bertz CT molecular complexity index is 501. The third-order valence-corrected chi connectivity index (χ3v) is 3.00. The quantitative estimate of drug-likeness (QED) is 0.173. The first-order valence-electron chi connectivity index (χ1n) is 8.19. The summed E-state index contributed by atoms with van der Waals surface area (Å²) in [6.45, 7) is 9.84. The Morgan fingerprint density at radius 2 is 1.26 bits per heavy atom. The van der Waals surface area contributed by atoms with Crippen molar-refractivity contribution in [2.24, 2.45) is 0 Å². The highest BCUT2D eigenvalue weighted by Gasteiger charge is 2.21. The summed E-state index contributed by atoms with van der Waals surface area (Å²) in [6, 6.07) is 0. The summed E-state index contributed by atoms with van der Waals surface area (Å²) in [4.78, 5) is 32.9. The van der Waals surface area contributed by atoms with Gasteiger partial charge in [-0.15, -0.1) is 0 Å². The van der Waals surface area contributed by atoms with Crippen molar-refractivity contribution in [2.75, 3.05) is 39.6 Å². The third-order valence-electron chi connectivity index (χ3n) is 3.00. The minimum Gasteiger partial charge on any atom is -0.462 e. The molecule has 0 aliphatic rings. The van der Waals surface area contributed by atoms with Gasteiger partial charge < -0.3 is 28.8 Å². The molecule has 1 N–H and O–H groups in total. The molecule has 2 atom stereocenters. The van der Waals surface area contributed by atoms with E-state index in [4.69, 9.17) is 23.7 Å². The van der Waals surface area contributed by atoms with Crippen LogP contribution < -0.4 is 0 Å². The normalized spacial score (nSPS) is 12.3. The Kier molecular flexibility index (Phi) is 14.3. The topological polar surface area (TPSA) is 118 Å². The van der Waals surface area contributed by atoms with Crippen LogP contribution in [0.5, 0.6) is 0 Å². The van der Waals surface area contributed by atoms with E-state index in [1.165, 1.54) is 0 Å². The molecule has 0 aromatic rings. The average molecular weight is 386 g/mol. The van der Waals surface area contributed by atoms with Crippen molar-refractivity contribution < 1.29 is 43.2 Å². The minimum absolute atomic E-state index is 0.0154. The maximum absolute atomic E-state index is 11.0. The summed E-state index contributed by atoms with van der Waals surface area (Å²) in [5.41, 5.74) is 0. The Balaban J connectivity index is 4.32. The molecule has 0 radical (unpaired) electrons. The van der Waals surface area contributed by atoms with E-state index in [0.29, 0.717) is 0 Å². The van der Waals surface area contributed by atoms with Crippen molar-refractivity contribution in [2.45, 2.75) is 18.6 Å². The number of carbonyl (C=O) groups is 3. The standard InChI is InChI=1S/C18H26O9/c1-4-16(20)25-8-7-14(19)15(24-11-12-27-18(22)6-3)13-23-9-10-26-17(21)5-2/h4-6,14-15,19H,1-3,7-13H2. The molecule has 0 bridgehead atoms. The van der Waals surface area contributed by atoms with E-state index >= 15 is 0 Å². The second-order valence-corrected chi connectivity index (χ2v) is 4.96. The van der Waals surface area contributed by atoms with Crippen LogP contribution in [-0.2, 0) is 38.1 Å². The molecule has 9 nitrogen and oxygen atoms in total. The lowest BCUT2D eigenvalue weighted by atomic mass is 10.1. The lowest BCUT2D eigenvalue weighted by molar-refractivity contribution is -0.146. The zero-order valence-corrected chi connectivity index (χ0v) is 15.2. The van der Waals surface area contributed by atoms with Gasteiger partial charge >= 0.3 is 17.9 Å². The summed E-state index contributed by atoms with van der Waals surface area (Å²) in [5.74, 6) is -1.76. The SMILES string of the molecule is C=CC(=O)OCCOCC(OCCOC(=O)C=C)C(O)CCOC(=O)C=C. The summed E-state index contributed by atoms with van der Waals surface area (Å²) in [7, 11) is 0. The van der Waals surface area contributed by atoms with Gasteiger partial charge in [-0.3, -0.25) is 0 Å². The number of rotatable bonds is 16. The minimum atomic E-state index is -1.01. The van der Waals surface area contributed by atoms with E-state index in [1.54, 1.807) is 0 Å². The van der Waals surface area contributed by atoms with E-state index in [9.17, 15) is 19.5 Å². The highest BCUT2D eigenvalue weighted by atomic mass is 16.6. The molecule has 0 rings (SSSR count). The molecule has 0 fully saturated rings. The molecule has 0 amide bonds. The molecule has 0 aliphatic carbocycles. The predicted octanol–water partition coefficient (Wildman–Crippen LogP) is 0.327. The number of aliphatic hydroxyl groups is 1. The molecule has 27 heavy (non-hydrogen) atoms. The van der Waals surface area contributed by atoms with Crippen molar-refractivity contribution in [3.63, 3.8) is 0 Å². The van der Waals surface area contributed by atoms with Crippen LogP contribution in [0.4, 0.5) is 0 Å². The molecular weight excluding hydrogens is 360 g/mol. The number of aliphatic hydroxyl groups excluding tert-OH is 1. The van der Waals surface area contributed by atoms with Gasteiger partial charge in [0.1, 0.15) is 19.3 Å². The van der Waals surface area contributed by atoms with Crippen molar-refractivity contribution in [3.8, 4) is 0 Å². The summed E-state index contributed by atoms with van der Waals surface area (Å²) < 4.78 is 25.1. The summed E-state index contributed by atoms with van der Waals surface area (Å²) in [6.07, 6.45) is 1.39. The van der Waals surface area contributed by atoms with Crippen molar-refractivity contribution in [1.82, 2.24) is 0 Å². The van der Waals surface area contributed by atoms with Gasteiger partial charge in [0.2, 0.25) is 0 Å². The monoisotopic (exact) mass is 386 g/mol. The second kappa shape index (κ2) is 15.7. The molecule has 152 valence electrons. The molecule has 0 heterocycles. The van der Waals surface area contributed by atoms with Crippen LogP contribution in [-0.4, -0.2) is 74.9 Å². The van der Waals surface area contributed by atoms with Gasteiger partial charge in [-0.2, -0.15) is 0 Å². The lowest BCUT2D eigenvalue weighted by Crippen LogP contribution is -2.36. The van der Waals surface area contributed by atoms with Crippen molar-refractivity contribution >= 4 is 17.9 Å². The fraction of sp³-hybridized carbons (Fsp3) is 0.500. The first kappa shape index (κ1) is 24.5. The van der Waals surface area contributed by atoms with E-state index in [1.807, 2.05) is 0 Å². The molecule has 9 heteroatoms. The summed E-state index contributed by atoms with van der Waals surface area (Å²) >= 11 is 0. The molecule has 0 aliphatic heterocycles. The van der Waals surface area contributed by atoms with Gasteiger partial charge in [0.25, 0.3) is 0 Å². The first-order valence-corrected chi connectivity index (χ1v) is 8.19. The number of ether oxygens (including phenoxy) is 5. The van der Waals surface area contributed by atoms with E-state index < -0.39 is 30.1 Å². The van der Waals surface area contributed by atoms with Crippen LogP contribution in [0.2, 0.25) is 0 Å². The van der Waals surface area contributed by atoms with Gasteiger partial charge in [0, 0.05) is 24.6 Å². The highest BCUT2D eigenvalue weighted by molar-refractivity contribution is 5.81.